The van der Waals surface area contributed by atoms with E-state index in [0.29, 0.717) is 6.07 Å². The molecule has 0 radical (unpaired) electrons. The SMILES string of the molecule is O=C1CC(CS(=O)(=O)F)CN1c1c(F)cc([N+](=O)[O-])cc1Br. The lowest BCUT2D eigenvalue weighted by atomic mass is 10.1. The van der Waals surface area contributed by atoms with Gasteiger partial charge in [0, 0.05) is 24.9 Å². The van der Waals surface area contributed by atoms with Crippen LogP contribution in [0.25, 0.3) is 0 Å². The summed E-state index contributed by atoms with van der Waals surface area (Å²) in [5, 5.41) is 10.6. The van der Waals surface area contributed by atoms with Crippen molar-refractivity contribution in [3.63, 3.8) is 0 Å². The van der Waals surface area contributed by atoms with E-state index in [2.05, 4.69) is 15.9 Å². The topological polar surface area (TPSA) is 97.6 Å². The molecule has 1 aliphatic rings. The smallest absolute Gasteiger partial charge is 0.302 e. The van der Waals surface area contributed by atoms with Crippen molar-refractivity contribution < 1.29 is 26.4 Å². The maximum atomic E-state index is 14.0. The Balaban J connectivity index is 2.33. The van der Waals surface area contributed by atoms with Gasteiger partial charge in [0.1, 0.15) is 0 Å². The van der Waals surface area contributed by atoms with Gasteiger partial charge in [-0.2, -0.15) is 8.42 Å². The molecule has 1 unspecified atom stereocenters. The number of non-ortho nitro benzene ring substituents is 1. The van der Waals surface area contributed by atoms with E-state index in [1.807, 2.05) is 0 Å². The van der Waals surface area contributed by atoms with Gasteiger partial charge in [-0.15, -0.1) is 3.89 Å². The van der Waals surface area contributed by atoms with E-state index in [1.165, 1.54) is 0 Å². The zero-order chi connectivity index (χ0) is 16.7. The molecule has 1 aromatic carbocycles. The fourth-order valence-electron chi connectivity index (χ4n) is 2.31. The molecule has 7 nitrogen and oxygen atoms in total. The summed E-state index contributed by atoms with van der Waals surface area (Å²) in [6, 6.07) is 1.69. The molecular formula is C11H9BrF2N2O5S. The van der Waals surface area contributed by atoms with Gasteiger partial charge in [0.15, 0.2) is 5.82 Å². The minimum absolute atomic E-state index is 0.0173. The van der Waals surface area contributed by atoms with Crippen molar-refractivity contribution in [2.45, 2.75) is 6.42 Å². The summed E-state index contributed by atoms with van der Waals surface area (Å²) in [5.41, 5.74) is -0.725. The number of nitro groups is 1. The lowest BCUT2D eigenvalue weighted by Gasteiger charge is -2.18. The van der Waals surface area contributed by atoms with Crippen molar-refractivity contribution in [3.8, 4) is 0 Å². The molecule has 1 fully saturated rings. The average molecular weight is 399 g/mol. The average Bonchev–Trinajstić information content (AvgIpc) is 2.66. The predicted octanol–water partition coefficient (Wildman–Crippen LogP) is 2.15. The van der Waals surface area contributed by atoms with Gasteiger partial charge in [-0.3, -0.25) is 14.9 Å². The van der Waals surface area contributed by atoms with Crippen molar-refractivity contribution in [2.24, 2.45) is 5.92 Å². The fourth-order valence-corrected chi connectivity index (χ4v) is 3.73. The van der Waals surface area contributed by atoms with E-state index in [-0.39, 0.29) is 23.1 Å². The van der Waals surface area contributed by atoms with Crippen LogP contribution in [-0.2, 0) is 15.0 Å². The van der Waals surface area contributed by atoms with Gasteiger partial charge in [0.2, 0.25) is 5.91 Å². The number of hydrogen-bond donors (Lipinski definition) is 0. The molecule has 1 aliphatic heterocycles. The van der Waals surface area contributed by atoms with Crippen LogP contribution in [-0.4, -0.2) is 31.5 Å². The van der Waals surface area contributed by atoms with Crippen LogP contribution in [0.5, 0.6) is 0 Å². The number of nitrogens with zero attached hydrogens (tertiary/aromatic N) is 2. The third-order valence-electron chi connectivity index (χ3n) is 3.12. The first-order valence-corrected chi connectivity index (χ1v) is 8.29. The molecule has 0 N–H and O–H groups in total. The quantitative estimate of drug-likeness (QED) is 0.439. The van der Waals surface area contributed by atoms with Crippen LogP contribution < -0.4 is 4.90 Å². The minimum atomic E-state index is -4.75. The van der Waals surface area contributed by atoms with Gasteiger partial charge in [0.25, 0.3) is 5.69 Å². The molecule has 1 saturated heterocycles. The highest BCUT2D eigenvalue weighted by molar-refractivity contribution is 9.10. The Morgan fingerprint density at radius 2 is 2.09 bits per heavy atom. The van der Waals surface area contributed by atoms with Gasteiger partial charge in [-0.1, -0.05) is 0 Å². The second-order valence-corrected chi connectivity index (χ2v) is 7.06. The van der Waals surface area contributed by atoms with Gasteiger partial charge in [-0.25, -0.2) is 4.39 Å². The van der Waals surface area contributed by atoms with Crippen LogP contribution in [0.1, 0.15) is 6.42 Å². The Kier molecular flexibility index (Phi) is 4.47. The van der Waals surface area contributed by atoms with Crippen molar-refractivity contribution >= 4 is 43.4 Å². The fraction of sp³-hybridized carbons (Fsp3) is 0.364. The number of benzene rings is 1. The van der Waals surface area contributed by atoms with Crippen LogP contribution in [0, 0.1) is 21.8 Å². The molecule has 2 rings (SSSR count). The standard InChI is InChI=1S/C11H9BrF2N2O5S/c12-8-2-7(16(18)19)3-9(13)11(8)15-4-6(1-10(15)17)5-22(14,20)21/h2-3,6H,1,4-5H2. The Morgan fingerprint density at radius 1 is 1.45 bits per heavy atom. The first-order valence-electron chi connectivity index (χ1n) is 5.94. The van der Waals surface area contributed by atoms with E-state index in [4.69, 9.17) is 0 Å². The molecule has 1 amide bonds. The summed E-state index contributed by atoms with van der Waals surface area (Å²) in [7, 11) is -4.75. The van der Waals surface area contributed by atoms with E-state index >= 15 is 0 Å². The third kappa shape index (κ3) is 3.58. The summed E-state index contributed by atoms with van der Waals surface area (Å²) in [5.74, 6) is -3.22. The highest BCUT2D eigenvalue weighted by Gasteiger charge is 2.36. The maximum Gasteiger partial charge on any atom is 0.302 e. The number of nitro benzene ring substituents is 1. The second kappa shape index (κ2) is 5.88. The minimum Gasteiger partial charge on any atom is -0.308 e. The Labute approximate surface area is 132 Å². The van der Waals surface area contributed by atoms with E-state index in [1.54, 1.807) is 0 Å². The summed E-state index contributed by atoms with van der Waals surface area (Å²) in [4.78, 5) is 22.7. The largest absolute Gasteiger partial charge is 0.308 e. The van der Waals surface area contributed by atoms with Crippen molar-refractivity contribution in [2.75, 3.05) is 17.2 Å². The number of carbonyl (C=O) groups excluding carboxylic acids is 1. The van der Waals surface area contributed by atoms with Gasteiger partial charge >= 0.3 is 10.2 Å². The van der Waals surface area contributed by atoms with Crippen molar-refractivity contribution in [3.05, 3.63) is 32.5 Å². The number of halogens is 3. The maximum absolute atomic E-state index is 14.0. The normalized spacial score (nSPS) is 18.8. The Hall–Kier alpha value is -1.62. The molecule has 1 heterocycles. The van der Waals surface area contributed by atoms with Gasteiger partial charge < -0.3 is 4.90 Å². The zero-order valence-electron chi connectivity index (χ0n) is 10.8. The molecule has 0 bridgehead atoms. The highest BCUT2D eigenvalue weighted by Crippen LogP contribution is 2.36. The first kappa shape index (κ1) is 16.7. The molecule has 22 heavy (non-hydrogen) atoms. The third-order valence-corrected chi connectivity index (χ3v) is 4.60. The molecule has 11 heteroatoms. The Morgan fingerprint density at radius 3 is 2.59 bits per heavy atom. The lowest BCUT2D eigenvalue weighted by molar-refractivity contribution is -0.385. The summed E-state index contributed by atoms with van der Waals surface area (Å²) in [6.45, 7) is -0.185. The summed E-state index contributed by atoms with van der Waals surface area (Å²) >= 11 is 2.95. The van der Waals surface area contributed by atoms with Crippen molar-refractivity contribution in [1.82, 2.24) is 0 Å². The Bertz CT molecular complexity index is 732. The number of rotatable bonds is 4. The molecule has 0 aromatic heterocycles. The van der Waals surface area contributed by atoms with Gasteiger partial charge in [-0.05, 0) is 15.9 Å². The molecule has 1 aromatic rings. The molecule has 0 saturated carbocycles. The van der Waals surface area contributed by atoms with E-state index < -0.39 is 44.2 Å². The van der Waals surface area contributed by atoms with Crippen LogP contribution in [0.2, 0.25) is 0 Å². The first-order chi connectivity index (χ1) is 10.1. The van der Waals surface area contributed by atoms with Gasteiger partial charge in [0.05, 0.1) is 26.9 Å². The van der Waals surface area contributed by atoms with Crippen LogP contribution in [0.4, 0.5) is 19.7 Å². The molecule has 0 spiro atoms. The van der Waals surface area contributed by atoms with E-state index in [0.717, 1.165) is 11.0 Å². The highest BCUT2D eigenvalue weighted by atomic mass is 79.9. The number of hydrogen-bond acceptors (Lipinski definition) is 5. The molecule has 1 atom stereocenters. The molecular weight excluding hydrogens is 390 g/mol. The molecule has 0 aliphatic carbocycles. The number of amides is 1. The zero-order valence-corrected chi connectivity index (χ0v) is 13.2. The van der Waals surface area contributed by atoms with Crippen LogP contribution in [0.3, 0.4) is 0 Å². The van der Waals surface area contributed by atoms with Crippen LogP contribution in [0.15, 0.2) is 16.6 Å². The van der Waals surface area contributed by atoms with Crippen LogP contribution >= 0.6 is 15.9 Å². The monoisotopic (exact) mass is 398 g/mol. The predicted molar refractivity (Wildman–Crippen MR) is 76.1 cm³/mol. The summed E-state index contributed by atoms with van der Waals surface area (Å²) < 4.78 is 48.0. The van der Waals surface area contributed by atoms with E-state index in [9.17, 15) is 31.6 Å². The second-order valence-electron chi connectivity index (χ2n) is 4.80. The lowest BCUT2D eigenvalue weighted by Crippen LogP contribution is -2.26. The summed E-state index contributed by atoms with van der Waals surface area (Å²) in [6.07, 6.45) is -0.244. The number of anilines is 1. The molecule has 120 valence electrons. The van der Waals surface area contributed by atoms with Crippen molar-refractivity contribution in [1.29, 1.82) is 0 Å². The number of carbonyl (C=O) groups is 1.